The third-order valence-electron chi connectivity index (χ3n) is 3.68. The monoisotopic (exact) mass is 350 g/mol. The summed E-state index contributed by atoms with van der Waals surface area (Å²) in [5.74, 6) is 2.29. The predicted octanol–water partition coefficient (Wildman–Crippen LogP) is 1.96. The van der Waals surface area contributed by atoms with Gasteiger partial charge in [0.15, 0.2) is 5.96 Å². The van der Waals surface area contributed by atoms with Crippen molar-refractivity contribution in [3.8, 4) is 5.75 Å². The van der Waals surface area contributed by atoms with Crippen LogP contribution in [-0.4, -0.2) is 64.9 Å². The van der Waals surface area contributed by atoms with Crippen molar-refractivity contribution in [1.29, 1.82) is 0 Å². The van der Waals surface area contributed by atoms with Crippen molar-refractivity contribution in [3.05, 3.63) is 29.8 Å². The van der Waals surface area contributed by atoms with Gasteiger partial charge in [-0.05, 0) is 30.7 Å². The predicted molar refractivity (Wildman–Crippen MR) is 104 cm³/mol. The van der Waals surface area contributed by atoms with Gasteiger partial charge in [0.1, 0.15) is 12.4 Å². The molecule has 1 rings (SSSR count). The first-order valence-corrected chi connectivity index (χ1v) is 8.89. The summed E-state index contributed by atoms with van der Waals surface area (Å²) >= 11 is 0. The summed E-state index contributed by atoms with van der Waals surface area (Å²) in [5, 5.41) is 6.64. The molecular weight excluding hydrogens is 316 g/mol. The molecule has 0 unspecified atom stereocenters. The number of nitrogens with zero attached hydrogens (tertiary/aromatic N) is 2. The number of nitrogens with one attached hydrogen (secondary N) is 2. The van der Waals surface area contributed by atoms with Gasteiger partial charge in [0.05, 0.1) is 6.61 Å². The third kappa shape index (κ3) is 9.94. The molecule has 25 heavy (non-hydrogen) atoms. The lowest BCUT2D eigenvalue weighted by molar-refractivity contribution is 0.150. The summed E-state index contributed by atoms with van der Waals surface area (Å²) in [6.07, 6.45) is 0. The van der Waals surface area contributed by atoms with Crippen LogP contribution < -0.4 is 15.4 Å². The van der Waals surface area contributed by atoms with E-state index in [-0.39, 0.29) is 0 Å². The molecule has 0 fully saturated rings. The molecule has 2 N–H and O–H groups in total. The van der Waals surface area contributed by atoms with Gasteiger partial charge >= 0.3 is 0 Å². The van der Waals surface area contributed by atoms with Gasteiger partial charge in [-0.25, -0.2) is 0 Å². The maximum absolute atomic E-state index is 5.85. The van der Waals surface area contributed by atoms with Gasteiger partial charge in [-0.1, -0.05) is 26.0 Å². The highest BCUT2D eigenvalue weighted by atomic mass is 16.5. The Morgan fingerprint density at radius 3 is 2.64 bits per heavy atom. The van der Waals surface area contributed by atoms with Gasteiger partial charge in [-0.15, -0.1) is 0 Å². The number of guanidine groups is 1. The first-order chi connectivity index (χ1) is 12.0. The minimum absolute atomic E-state index is 0.581. The van der Waals surface area contributed by atoms with E-state index in [1.165, 1.54) is 0 Å². The number of aliphatic imine (C=N–C) groups is 1. The topological polar surface area (TPSA) is 58.1 Å². The number of hydrogen-bond acceptors (Lipinski definition) is 4. The van der Waals surface area contributed by atoms with E-state index in [2.05, 4.69) is 53.6 Å². The van der Waals surface area contributed by atoms with Gasteiger partial charge in [0, 0.05) is 40.3 Å². The van der Waals surface area contributed by atoms with E-state index < -0.39 is 0 Å². The van der Waals surface area contributed by atoms with Crippen LogP contribution in [0, 0.1) is 5.92 Å². The van der Waals surface area contributed by atoms with Crippen LogP contribution in [0.1, 0.15) is 19.4 Å². The van der Waals surface area contributed by atoms with Crippen LogP contribution in [0.2, 0.25) is 0 Å². The Kier molecular flexibility index (Phi) is 10.7. The van der Waals surface area contributed by atoms with E-state index in [0.717, 1.165) is 43.5 Å². The second-order valence-electron chi connectivity index (χ2n) is 6.49. The fourth-order valence-electron chi connectivity index (χ4n) is 2.13. The van der Waals surface area contributed by atoms with Gasteiger partial charge in [0.25, 0.3) is 0 Å². The molecule has 0 aliphatic rings. The smallest absolute Gasteiger partial charge is 0.191 e. The van der Waals surface area contributed by atoms with Crippen molar-refractivity contribution in [2.24, 2.45) is 10.9 Å². The largest absolute Gasteiger partial charge is 0.492 e. The highest BCUT2D eigenvalue weighted by Crippen LogP contribution is 2.13. The molecule has 1 aromatic carbocycles. The molecule has 0 saturated heterocycles. The van der Waals surface area contributed by atoms with Crippen molar-refractivity contribution >= 4 is 5.96 Å². The highest BCUT2D eigenvalue weighted by molar-refractivity contribution is 5.79. The van der Waals surface area contributed by atoms with Crippen LogP contribution in [0.3, 0.4) is 0 Å². The lowest BCUT2D eigenvalue weighted by atomic mass is 10.2. The molecule has 6 nitrogen and oxygen atoms in total. The second kappa shape index (κ2) is 12.6. The van der Waals surface area contributed by atoms with Crippen LogP contribution in [0.25, 0.3) is 0 Å². The molecule has 0 saturated carbocycles. The van der Waals surface area contributed by atoms with Gasteiger partial charge in [-0.2, -0.15) is 0 Å². The fourth-order valence-corrected chi connectivity index (χ4v) is 2.13. The zero-order valence-corrected chi connectivity index (χ0v) is 16.3. The molecular formula is C19H34N4O2. The Bertz CT molecular complexity index is 506. The molecule has 0 aromatic heterocycles. The molecule has 0 atom stereocenters. The number of methoxy groups -OCH3 is 1. The molecule has 0 heterocycles. The van der Waals surface area contributed by atoms with E-state index in [1.54, 1.807) is 14.2 Å². The average Bonchev–Trinajstić information content (AvgIpc) is 2.60. The Labute approximate surface area is 152 Å². The Hall–Kier alpha value is -1.79. The molecule has 142 valence electrons. The minimum Gasteiger partial charge on any atom is -0.492 e. The maximum atomic E-state index is 5.85. The summed E-state index contributed by atoms with van der Waals surface area (Å²) in [7, 11) is 5.57. The summed E-state index contributed by atoms with van der Waals surface area (Å²) in [4.78, 5) is 6.43. The van der Waals surface area contributed by atoms with Crippen molar-refractivity contribution in [1.82, 2.24) is 15.5 Å². The Morgan fingerprint density at radius 2 is 1.96 bits per heavy atom. The fraction of sp³-hybridized carbons (Fsp3) is 0.632. The lowest BCUT2D eigenvalue weighted by Crippen LogP contribution is -2.38. The van der Waals surface area contributed by atoms with Crippen LogP contribution in [-0.2, 0) is 11.3 Å². The van der Waals surface area contributed by atoms with Gasteiger partial charge in [0.2, 0.25) is 0 Å². The highest BCUT2D eigenvalue weighted by Gasteiger charge is 2.02. The first kappa shape index (κ1) is 21.3. The molecule has 0 bridgehead atoms. The average molecular weight is 351 g/mol. The zero-order valence-electron chi connectivity index (χ0n) is 16.3. The molecule has 0 aliphatic carbocycles. The van der Waals surface area contributed by atoms with Crippen LogP contribution in [0.15, 0.2) is 29.3 Å². The lowest BCUT2D eigenvalue weighted by Gasteiger charge is -2.17. The Balaban J connectivity index is 2.38. The molecule has 0 amide bonds. The van der Waals surface area contributed by atoms with Gasteiger partial charge in [-0.3, -0.25) is 4.99 Å². The molecule has 1 aromatic rings. The number of ether oxygens (including phenoxy) is 2. The summed E-state index contributed by atoms with van der Waals surface area (Å²) in [6, 6.07) is 8.16. The van der Waals surface area contributed by atoms with Crippen molar-refractivity contribution in [2.45, 2.75) is 20.4 Å². The van der Waals surface area contributed by atoms with E-state index in [4.69, 9.17) is 9.47 Å². The summed E-state index contributed by atoms with van der Waals surface area (Å²) in [6.45, 7) is 9.15. The second-order valence-corrected chi connectivity index (χ2v) is 6.49. The van der Waals surface area contributed by atoms with Crippen molar-refractivity contribution < 1.29 is 9.47 Å². The third-order valence-corrected chi connectivity index (χ3v) is 3.68. The summed E-state index contributed by atoms with van der Waals surface area (Å²) < 4.78 is 10.9. The van der Waals surface area contributed by atoms with Crippen molar-refractivity contribution in [2.75, 3.05) is 54.1 Å². The molecule has 0 spiro atoms. The van der Waals surface area contributed by atoms with Crippen LogP contribution in [0.5, 0.6) is 5.75 Å². The van der Waals surface area contributed by atoms with Gasteiger partial charge < -0.3 is 25.0 Å². The Morgan fingerprint density at radius 1 is 1.20 bits per heavy atom. The number of likely N-dealkylation sites (N-methyl/N-ethyl adjacent to an activating group) is 1. The van der Waals surface area contributed by atoms with E-state index in [0.29, 0.717) is 19.1 Å². The van der Waals surface area contributed by atoms with Crippen LogP contribution in [0.4, 0.5) is 0 Å². The standard InChI is InChI=1S/C19H34N4O2/c1-16(2)14-21-19(20-3)22-15-17-7-6-8-18(13-17)25-12-10-23(4)9-11-24-5/h6-8,13,16H,9-12,14-15H2,1-5H3,(H2,20,21,22). The molecule has 0 radical (unpaired) electrons. The zero-order chi connectivity index (χ0) is 18.5. The van der Waals surface area contributed by atoms with Crippen molar-refractivity contribution in [3.63, 3.8) is 0 Å². The summed E-state index contributed by atoms with van der Waals surface area (Å²) in [5.41, 5.74) is 1.16. The SMILES string of the molecule is CN=C(NCc1cccc(OCCN(C)CCOC)c1)NCC(C)C. The van der Waals surface area contributed by atoms with E-state index in [1.807, 2.05) is 12.1 Å². The quantitative estimate of drug-likeness (QED) is 0.472. The number of benzene rings is 1. The van der Waals surface area contributed by atoms with Crippen LogP contribution >= 0.6 is 0 Å². The minimum atomic E-state index is 0.581. The molecule has 0 aliphatic heterocycles. The maximum Gasteiger partial charge on any atom is 0.191 e. The van der Waals surface area contributed by atoms with E-state index >= 15 is 0 Å². The normalized spacial score (nSPS) is 11.9. The van der Waals surface area contributed by atoms with E-state index in [9.17, 15) is 0 Å². The first-order valence-electron chi connectivity index (χ1n) is 8.89. The molecule has 6 heteroatoms. The number of rotatable bonds is 11. The number of hydrogen-bond donors (Lipinski definition) is 2.